The molecule has 1 aromatic heterocycles. The summed E-state index contributed by atoms with van der Waals surface area (Å²) in [5.74, 6) is -0.696. The Labute approximate surface area is 146 Å². The van der Waals surface area contributed by atoms with Crippen LogP contribution in [-0.4, -0.2) is 22.8 Å². The number of halogens is 1. The molecule has 1 aromatic carbocycles. The van der Waals surface area contributed by atoms with Crippen LogP contribution in [0, 0.1) is 6.92 Å². The summed E-state index contributed by atoms with van der Waals surface area (Å²) in [5.41, 5.74) is 2.39. The molecule has 2 rings (SSSR count). The molecule has 6 heteroatoms. The first kappa shape index (κ1) is 17.9. The van der Waals surface area contributed by atoms with Crippen molar-refractivity contribution in [3.8, 4) is 0 Å². The summed E-state index contributed by atoms with van der Waals surface area (Å²) >= 11 is 5.92. The van der Waals surface area contributed by atoms with Gasteiger partial charge in [0.1, 0.15) is 6.42 Å². The van der Waals surface area contributed by atoms with Crippen LogP contribution in [0.15, 0.2) is 42.6 Å². The van der Waals surface area contributed by atoms with Gasteiger partial charge in [0.2, 0.25) is 11.8 Å². The highest BCUT2D eigenvalue weighted by Crippen LogP contribution is 2.20. The normalized spacial score (nSPS) is 11.6. The van der Waals surface area contributed by atoms with Gasteiger partial charge >= 0.3 is 0 Å². The molecule has 1 atom stereocenters. The Kier molecular flexibility index (Phi) is 6.32. The Hall–Kier alpha value is -2.40. The first-order chi connectivity index (χ1) is 11.4. The lowest BCUT2D eigenvalue weighted by molar-refractivity contribution is -0.127. The third kappa shape index (κ3) is 5.66. The van der Waals surface area contributed by atoms with Gasteiger partial charge in [-0.25, -0.2) is 0 Å². The Morgan fingerprint density at radius 3 is 2.71 bits per heavy atom. The molecule has 126 valence electrons. The molecule has 0 aliphatic carbocycles. The average molecular weight is 346 g/mol. The van der Waals surface area contributed by atoms with E-state index in [9.17, 15) is 9.59 Å². The van der Waals surface area contributed by atoms with E-state index in [-0.39, 0.29) is 24.3 Å². The van der Waals surface area contributed by atoms with Crippen molar-refractivity contribution < 1.29 is 9.59 Å². The van der Waals surface area contributed by atoms with Gasteiger partial charge in [0.15, 0.2) is 0 Å². The van der Waals surface area contributed by atoms with E-state index < -0.39 is 0 Å². The number of nitrogens with zero attached hydrogens (tertiary/aromatic N) is 1. The van der Waals surface area contributed by atoms with E-state index in [0.717, 1.165) is 11.3 Å². The molecule has 0 saturated carbocycles. The van der Waals surface area contributed by atoms with Crippen LogP contribution < -0.4 is 10.6 Å². The van der Waals surface area contributed by atoms with Crippen molar-refractivity contribution in [1.82, 2.24) is 10.3 Å². The van der Waals surface area contributed by atoms with Crippen LogP contribution in [-0.2, 0) is 16.0 Å². The lowest BCUT2D eigenvalue weighted by atomic mass is 10.1. The lowest BCUT2D eigenvalue weighted by Crippen LogP contribution is -2.36. The van der Waals surface area contributed by atoms with Gasteiger partial charge in [-0.3, -0.25) is 14.6 Å². The number of aryl methyl sites for hydroxylation is 1. The van der Waals surface area contributed by atoms with Crippen LogP contribution in [0.5, 0.6) is 0 Å². The van der Waals surface area contributed by atoms with E-state index in [1.807, 2.05) is 38.1 Å². The maximum absolute atomic E-state index is 12.0. The topological polar surface area (TPSA) is 71.1 Å². The van der Waals surface area contributed by atoms with Crippen molar-refractivity contribution in [3.05, 3.63) is 58.9 Å². The predicted octanol–water partition coefficient (Wildman–Crippen LogP) is 3.12. The van der Waals surface area contributed by atoms with Crippen molar-refractivity contribution in [2.45, 2.75) is 32.7 Å². The van der Waals surface area contributed by atoms with Gasteiger partial charge in [-0.05, 0) is 43.7 Å². The quantitative estimate of drug-likeness (QED) is 0.790. The van der Waals surface area contributed by atoms with Gasteiger partial charge in [-0.2, -0.15) is 0 Å². The summed E-state index contributed by atoms with van der Waals surface area (Å²) in [7, 11) is 0. The highest BCUT2D eigenvalue weighted by molar-refractivity contribution is 6.31. The molecule has 2 N–H and O–H groups in total. The molecule has 24 heavy (non-hydrogen) atoms. The van der Waals surface area contributed by atoms with Gasteiger partial charge in [0.25, 0.3) is 0 Å². The van der Waals surface area contributed by atoms with Gasteiger partial charge < -0.3 is 10.6 Å². The van der Waals surface area contributed by atoms with Gasteiger partial charge in [0.05, 0.1) is 0 Å². The summed E-state index contributed by atoms with van der Waals surface area (Å²) in [6.45, 7) is 3.74. The number of hydrogen-bond acceptors (Lipinski definition) is 3. The van der Waals surface area contributed by atoms with Crippen LogP contribution in [0.25, 0.3) is 0 Å². The lowest BCUT2D eigenvalue weighted by Gasteiger charge is -2.14. The third-order valence-corrected chi connectivity index (χ3v) is 3.68. The van der Waals surface area contributed by atoms with E-state index in [1.165, 1.54) is 0 Å². The number of pyridine rings is 1. The second-order valence-electron chi connectivity index (χ2n) is 5.68. The van der Waals surface area contributed by atoms with E-state index >= 15 is 0 Å². The number of hydrogen-bond donors (Lipinski definition) is 2. The Bertz CT molecular complexity index is 719. The molecular weight excluding hydrogens is 326 g/mol. The Morgan fingerprint density at radius 2 is 2.00 bits per heavy atom. The van der Waals surface area contributed by atoms with E-state index in [4.69, 9.17) is 11.6 Å². The maximum atomic E-state index is 12.0. The fourth-order valence-corrected chi connectivity index (χ4v) is 2.45. The fraction of sp³-hybridized carbons (Fsp3) is 0.278. The summed E-state index contributed by atoms with van der Waals surface area (Å²) in [6, 6.07) is 10.8. The molecule has 0 aliphatic heterocycles. The van der Waals surface area contributed by atoms with Crippen LogP contribution in [0.2, 0.25) is 5.02 Å². The number of amides is 2. The standard InChI is InChI=1S/C18H20ClN3O2/c1-12-6-7-14(19)10-16(12)22-18(24)11-17(23)21-13(2)9-15-5-3-4-8-20-15/h3-8,10,13H,9,11H2,1-2H3,(H,21,23)(H,22,24)/t13-/m0/s1. The molecule has 0 unspecified atom stereocenters. The number of anilines is 1. The summed E-state index contributed by atoms with van der Waals surface area (Å²) < 4.78 is 0. The number of carbonyl (C=O) groups excluding carboxylic acids is 2. The van der Waals surface area contributed by atoms with Crippen molar-refractivity contribution in [3.63, 3.8) is 0 Å². The van der Waals surface area contributed by atoms with Crippen LogP contribution >= 0.6 is 11.6 Å². The van der Waals surface area contributed by atoms with E-state index in [0.29, 0.717) is 17.1 Å². The molecule has 2 aromatic rings. The fourth-order valence-electron chi connectivity index (χ4n) is 2.28. The highest BCUT2D eigenvalue weighted by atomic mass is 35.5. The van der Waals surface area contributed by atoms with Crippen molar-refractivity contribution in [2.24, 2.45) is 0 Å². The molecule has 0 fully saturated rings. The summed E-state index contributed by atoms with van der Waals surface area (Å²) in [5, 5.41) is 6.05. The van der Waals surface area contributed by atoms with E-state index in [2.05, 4.69) is 15.6 Å². The molecule has 0 radical (unpaired) electrons. The zero-order valence-corrected chi connectivity index (χ0v) is 14.4. The van der Waals surface area contributed by atoms with Crippen LogP contribution in [0.4, 0.5) is 5.69 Å². The van der Waals surface area contributed by atoms with Crippen molar-refractivity contribution >= 4 is 29.1 Å². The average Bonchev–Trinajstić information content (AvgIpc) is 2.51. The molecule has 0 bridgehead atoms. The summed E-state index contributed by atoms with van der Waals surface area (Å²) in [4.78, 5) is 28.2. The number of nitrogens with one attached hydrogen (secondary N) is 2. The SMILES string of the molecule is Cc1ccc(Cl)cc1NC(=O)CC(=O)N[C@@H](C)Cc1ccccn1. The second kappa shape index (κ2) is 8.45. The predicted molar refractivity (Wildman–Crippen MR) is 95.0 cm³/mol. The van der Waals surface area contributed by atoms with E-state index in [1.54, 1.807) is 18.3 Å². The minimum atomic E-state index is -0.372. The summed E-state index contributed by atoms with van der Waals surface area (Å²) in [6.07, 6.45) is 2.09. The minimum absolute atomic E-state index is 0.104. The number of aromatic nitrogens is 1. The molecule has 5 nitrogen and oxygen atoms in total. The zero-order chi connectivity index (χ0) is 17.5. The second-order valence-corrected chi connectivity index (χ2v) is 6.11. The smallest absolute Gasteiger partial charge is 0.233 e. The van der Waals surface area contributed by atoms with Gasteiger partial charge in [-0.1, -0.05) is 23.7 Å². The largest absolute Gasteiger partial charge is 0.353 e. The molecule has 1 heterocycles. The maximum Gasteiger partial charge on any atom is 0.233 e. The molecule has 0 saturated heterocycles. The number of carbonyl (C=O) groups is 2. The number of benzene rings is 1. The molecule has 0 spiro atoms. The Morgan fingerprint density at radius 1 is 1.21 bits per heavy atom. The third-order valence-electron chi connectivity index (χ3n) is 3.44. The highest BCUT2D eigenvalue weighted by Gasteiger charge is 2.14. The molecule has 2 amide bonds. The van der Waals surface area contributed by atoms with Crippen molar-refractivity contribution in [1.29, 1.82) is 0 Å². The van der Waals surface area contributed by atoms with Gasteiger partial charge in [-0.15, -0.1) is 0 Å². The van der Waals surface area contributed by atoms with Crippen LogP contribution in [0.1, 0.15) is 24.6 Å². The minimum Gasteiger partial charge on any atom is -0.353 e. The first-order valence-electron chi connectivity index (χ1n) is 7.69. The van der Waals surface area contributed by atoms with Gasteiger partial charge in [0, 0.05) is 35.1 Å². The molecule has 0 aliphatic rings. The number of rotatable bonds is 6. The zero-order valence-electron chi connectivity index (χ0n) is 13.7. The van der Waals surface area contributed by atoms with Crippen molar-refractivity contribution in [2.75, 3.05) is 5.32 Å². The van der Waals surface area contributed by atoms with Crippen LogP contribution in [0.3, 0.4) is 0 Å². The Balaban J connectivity index is 1.83. The monoisotopic (exact) mass is 345 g/mol. The first-order valence-corrected chi connectivity index (χ1v) is 8.07. The molecular formula is C18H20ClN3O2.